The lowest BCUT2D eigenvalue weighted by molar-refractivity contribution is -0.146. The molecule has 0 spiro atoms. The standard InChI is InChI=1S/C10H21NO2S/c1-8(2)10(6-13-7-10)5-9(3,4)14(11)12/h8H,5-7,11H2,1-4H3. The fourth-order valence-electron chi connectivity index (χ4n) is 1.92. The van der Waals surface area contributed by atoms with Crippen LogP contribution in [0.2, 0.25) is 0 Å². The van der Waals surface area contributed by atoms with Crippen LogP contribution in [0.15, 0.2) is 0 Å². The summed E-state index contributed by atoms with van der Waals surface area (Å²) in [7, 11) is 0. The fourth-order valence-corrected chi connectivity index (χ4v) is 2.35. The zero-order valence-electron chi connectivity index (χ0n) is 9.50. The van der Waals surface area contributed by atoms with Crippen LogP contribution in [0.25, 0.3) is 0 Å². The van der Waals surface area contributed by atoms with Gasteiger partial charge in [0.1, 0.15) is 4.75 Å². The van der Waals surface area contributed by atoms with Crippen LogP contribution in [0, 0.1) is 11.3 Å². The van der Waals surface area contributed by atoms with Crippen molar-refractivity contribution < 1.29 is 9.29 Å². The third-order valence-corrected chi connectivity index (χ3v) is 4.56. The largest absolute Gasteiger partial charge is 0.598 e. The lowest BCUT2D eigenvalue weighted by atomic mass is 9.70. The molecule has 1 aliphatic heterocycles. The molecule has 84 valence electrons. The van der Waals surface area contributed by atoms with Gasteiger partial charge in [0.2, 0.25) is 0 Å². The Morgan fingerprint density at radius 3 is 2.21 bits per heavy atom. The van der Waals surface area contributed by atoms with Gasteiger partial charge in [-0.25, -0.2) is 0 Å². The van der Waals surface area contributed by atoms with Gasteiger partial charge in [-0.1, -0.05) is 13.8 Å². The normalized spacial score (nSPS) is 23.4. The van der Waals surface area contributed by atoms with E-state index in [0.717, 1.165) is 19.6 Å². The van der Waals surface area contributed by atoms with E-state index in [0.29, 0.717) is 5.92 Å². The maximum Gasteiger partial charge on any atom is 0.140 e. The lowest BCUT2D eigenvalue weighted by Gasteiger charge is -2.48. The third kappa shape index (κ3) is 2.24. The maximum absolute atomic E-state index is 11.4. The highest BCUT2D eigenvalue weighted by Crippen LogP contribution is 2.44. The molecule has 1 fully saturated rings. The van der Waals surface area contributed by atoms with Crippen molar-refractivity contribution in [2.24, 2.45) is 16.5 Å². The van der Waals surface area contributed by atoms with Crippen LogP contribution in [-0.2, 0) is 16.1 Å². The van der Waals surface area contributed by atoms with Gasteiger partial charge >= 0.3 is 0 Å². The van der Waals surface area contributed by atoms with Crippen LogP contribution < -0.4 is 5.14 Å². The van der Waals surface area contributed by atoms with Gasteiger partial charge in [0.15, 0.2) is 0 Å². The van der Waals surface area contributed by atoms with Crippen molar-refractivity contribution in [2.45, 2.75) is 38.9 Å². The van der Waals surface area contributed by atoms with E-state index in [2.05, 4.69) is 13.8 Å². The molecule has 2 N–H and O–H groups in total. The minimum atomic E-state index is -1.26. The first kappa shape index (κ1) is 12.3. The molecule has 0 aromatic carbocycles. The van der Waals surface area contributed by atoms with Crippen molar-refractivity contribution in [1.29, 1.82) is 0 Å². The molecule has 3 nitrogen and oxygen atoms in total. The Hall–Kier alpha value is 0.230. The van der Waals surface area contributed by atoms with Gasteiger partial charge < -0.3 is 9.29 Å². The first-order valence-corrected chi connectivity index (χ1v) is 6.25. The molecule has 4 heteroatoms. The van der Waals surface area contributed by atoms with Crippen molar-refractivity contribution in [3.63, 3.8) is 0 Å². The molecule has 0 aliphatic carbocycles. The second-order valence-electron chi connectivity index (χ2n) is 5.24. The second kappa shape index (κ2) is 4.00. The molecular formula is C10H21NO2S. The number of nitrogens with two attached hydrogens (primary N) is 1. The molecular weight excluding hydrogens is 198 g/mol. The van der Waals surface area contributed by atoms with Gasteiger partial charge in [-0.15, -0.1) is 0 Å². The molecule has 1 heterocycles. The summed E-state index contributed by atoms with van der Waals surface area (Å²) in [6.07, 6.45) is 0.876. The van der Waals surface area contributed by atoms with E-state index in [-0.39, 0.29) is 10.2 Å². The van der Waals surface area contributed by atoms with Gasteiger partial charge in [-0.05, 0) is 19.8 Å². The topological polar surface area (TPSA) is 58.3 Å². The summed E-state index contributed by atoms with van der Waals surface area (Å²) in [6.45, 7) is 9.88. The van der Waals surface area contributed by atoms with Crippen LogP contribution >= 0.6 is 0 Å². The highest BCUT2D eigenvalue weighted by atomic mass is 32.2. The zero-order chi connectivity index (χ0) is 11.0. The molecule has 1 saturated heterocycles. The summed E-state index contributed by atoms with van der Waals surface area (Å²) in [6, 6.07) is 0. The summed E-state index contributed by atoms with van der Waals surface area (Å²) in [5.74, 6) is 0.555. The minimum absolute atomic E-state index is 0.193. The van der Waals surface area contributed by atoms with E-state index in [4.69, 9.17) is 9.88 Å². The molecule has 14 heavy (non-hydrogen) atoms. The SMILES string of the molecule is CC(C)C1(CC(C)(C)[S+](N)[O-])COC1. The van der Waals surface area contributed by atoms with E-state index in [1.54, 1.807) is 0 Å². The fraction of sp³-hybridized carbons (Fsp3) is 1.00. The van der Waals surface area contributed by atoms with Crippen LogP contribution in [0.5, 0.6) is 0 Å². The van der Waals surface area contributed by atoms with Crippen molar-refractivity contribution >= 4 is 11.4 Å². The highest BCUT2D eigenvalue weighted by Gasteiger charge is 2.48. The van der Waals surface area contributed by atoms with Crippen molar-refractivity contribution in [3.05, 3.63) is 0 Å². The summed E-state index contributed by atoms with van der Waals surface area (Å²) in [4.78, 5) is 0. The minimum Gasteiger partial charge on any atom is -0.598 e. The number of ether oxygens (including phenoxy) is 1. The number of rotatable bonds is 4. The maximum atomic E-state index is 11.4. The Balaban J connectivity index is 2.65. The molecule has 1 aliphatic rings. The molecule has 0 radical (unpaired) electrons. The Morgan fingerprint density at radius 2 is 2.00 bits per heavy atom. The van der Waals surface area contributed by atoms with E-state index < -0.39 is 11.4 Å². The average Bonchev–Trinajstić information content (AvgIpc) is 1.95. The highest BCUT2D eigenvalue weighted by molar-refractivity contribution is 7.90. The Bertz CT molecular complexity index is 200. The first-order valence-electron chi connectivity index (χ1n) is 5.04. The van der Waals surface area contributed by atoms with Gasteiger partial charge in [-0.3, -0.25) is 0 Å². The van der Waals surface area contributed by atoms with Crippen molar-refractivity contribution in [3.8, 4) is 0 Å². The Labute approximate surface area is 89.7 Å². The molecule has 1 rings (SSSR count). The molecule has 1 unspecified atom stereocenters. The summed E-state index contributed by atoms with van der Waals surface area (Å²) >= 11 is -1.26. The smallest absolute Gasteiger partial charge is 0.140 e. The molecule has 0 saturated carbocycles. The number of hydrogen-bond donors (Lipinski definition) is 1. The van der Waals surface area contributed by atoms with Crippen LogP contribution in [0.4, 0.5) is 0 Å². The predicted octanol–water partition coefficient (Wildman–Crippen LogP) is 1.45. The zero-order valence-corrected chi connectivity index (χ0v) is 10.3. The van der Waals surface area contributed by atoms with Crippen molar-refractivity contribution in [1.82, 2.24) is 0 Å². The molecule has 0 bridgehead atoms. The van der Waals surface area contributed by atoms with Gasteiger partial charge in [0.05, 0.1) is 13.2 Å². The number of hydrogen-bond acceptors (Lipinski definition) is 3. The summed E-state index contributed by atoms with van der Waals surface area (Å²) in [5, 5.41) is 5.49. The van der Waals surface area contributed by atoms with Crippen LogP contribution in [-0.4, -0.2) is 22.5 Å². The van der Waals surface area contributed by atoms with Crippen LogP contribution in [0.3, 0.4) is 0 Å². The van der Waals surface area contributed by atoms with Gasteiger partial charge in [-0.2, -0.15) is 5.14 Å². The monoisotopic (exact) mass is 219 g/mol. The summed E-state index contributed by atoms with van der Waals surface area (Å²) in [5.41, 5.74) is 0.193. The van der Waals surface area contributed by atoms with Crippen LogP contribution in [0.1, 0.15) is 34.1 Å². The second-order valence-corrected chi connectivity index (χ2v) is 6.94. The predicted molar refractivity (Wildman–Crippen MR) is 59.1 cm³/mol. The first-order chi connectivity index (χ1) is 6.30. The van der Waals surface area contributed by atoms with E-state index >= 15 is 0 Å². The van der Waals surface area contributed by atoms with Crippen molar-refractivity contribution in [2.75, 3.05) is 13.2 Å². The van der Waals surface area contributed by atoms with Gasteiger partial charge in [0, 0.05) is 23.2 Å². The van der Waals surface area contributed by atoms with E-state index in [1.165, 1.54) is 0 Å². The van der Waals surface area contributed by atoms with E-state index in [1.807, 2.05) is 13.8 Å². The molecule has 0 aromatic heterocycles. The average molecular weight is 219 g/mol. The van der Waals surface area contributed by atoms with E-state index in [9.17, 15) is 4.55 Å². The molecule has 1 atom stereocenters. The Kier molecular flexibility index (Phi) is 3.52. The third-order valence-electron chi connectivity index (χ3n) is 3.33. The summed E-state index contributed by atoms with van der Waals surface area (Å²) < 4.78 is 16.3. The lowest BCUT2D eigenvalue weighted by Crippen LogP contribution is -2.53. The molecule has 0 amide bonds. The quantitative estimate of drug-likeness (QED) is 0.728. The van der Waals surface area contributed by atoms with Gasteiger partial charge in [0.25, 0.3) is 0 Å². The Morgan fingerprint density at radius 1 is 1.50 bits per heavy atom. The molecule has 0 aromatic rings.